The first-order valence-electron chi connectivity index (χ1n) is 22.5. The van der Waals surface area contributed by atoms with Crippen molar-refractivity contribution in [2.75, 3.05) is 26.4 Å². The second kappa shape index (κ2) is 42.5. The standard InChI is InChI=1S/C47H82NO9P/c1-3-5-7-9-11-13-15-17-19-20-21-22-23-24-25-26-28-30-32-34-36-38-40-54-41-44(42-55-58(52,53)56-43-45(48)47(50)51)57-46(49)39-37-35-33-31-29-27-18-16-14-12-10-8-6-4-2/h5,7,10-13,16-19,21-22,44-45H,3-4,6,8-9,14-15,20,23-43,48H2,1-2H3,(H,50,51)(H,52,53)/b7-5-,12-10-,13-11-,18-16-,19-17-,22-21-. The molecule has 3 unspecified atom stereocenters. The lowest BCUT2D eigenvalue weighted by Gasteiger charge is -2.20. The van der Waals surface area contributed by atoms with Crippen LogP contribution in [0.5, 0.6) is 0 Å². The van der Waals surface area contributed by atoms with Crippen molar-refractivity contribution in [3.8, 4) is 0 Å². The molecule has 0 aliphatic rings. The molecule has 0 radical (unpaired) electrons. The smallest absolute Gasteiger partial charge is 0.472 e. The third-order valence-electron chi connectivity index (χ3n) is 9.22. The second-order valence-electron chi connectivity index (χ2n) is 14.8. The Balaban J connectivity index is 4.22. The molecule has 0 saturated carbocycles. The maximum Gasteiger partial charge on any atom is 0.472 e. The molecule has 0 spiro atoms. The number of nitrogens with two attached hydrogens (primary N) is 1. The molecule has 0 heterocycles. The fraction of sp³-hybridized carbons (Fsp3) is 0.702. The Morgan fingerprint density at radius 2 is 1.00 bits per heavy atom. The Morgan fingerprint density at radius 1 is 0.569 bits per heavy atom. The molecule has 4 N–H and O–H groups in total. The van der Waals surface area contributed by atoms with E-state index in [9.17, 15) is 19.0 Å². The molecule has 58 heavy (non-hydrogen) atoms. The highest BCUT2D eigenvalue weighted by Crippen LogP contribution is 2.43. The zero-order valence-corrected chi connectivity index (χ0v) is 37.3. The van der Waals surface area contributed by atoms with Crippen molar-refractivity contribution in [1.29, 1.82) is 0 Å². The van der Waals surface area contributed by atoms with Gasteiger partial charge in [0.25, 0.3) is 0 Å². The first-order chi connectivity index (χ1) is 28.2. The Morgan fingerprint density at radius 3 is 1.50 bits per heavy atom. The van der Waals surface area contributed by atoms with Gasteiger partial charge in [-0.05, 0) is 77.0 Å². The number of phosphoric ester groups is 1. The van der Waals surface area contributed by atoms with E-state index in [1.165, 1.54) is 51.4 Å². The van der Waals surface area contributed by atoms with E-state index in [2.05, 4.69) is 86.8 Å². The minimum Gasteiger partial charge on any atom is -0.480 e. The van der Waals surface area contributed by atoms with Crippen molar-refractivity contribution >= 4 is 19.8 Å². The number of carboxylic acids is 1. The first-order valence-corrected chi connectivity index (χ1v) is 24.0. The number of carbonyl (C=O) groups is 2. The van der Waals surface area contributed by atoms with Gasteiger partial charge < -0.3 is 25.2 Å². The predicted molar refractivity (Wildman–Crippen MR) is 240 cm³/mol. The van der Waals surface area contributed by atoms with E-state index in [0.29, 0.717) is 13.0 Å². The van der Waals surface area contributed by atoms with E-state index < -0.39 is 45.1 Å². The van der Waals surface area contributed by atoms with Crippen LogP contribution in [0.25, 0.3) is 0 Å². The van der Waals surface area contributed by atoms with Gasteiger partial charge in [-0.1, -0.05) is 164 Å². The molecule has 0 aromatic carbocycles. The minimum absolute atomic E-state index is 0.00332. The molecule has 10 nitrogen and oxygen atoms in total. The SMILES string of the molecule is CC/C=C\C/C=C\C/C=C\C/C=C\CCCCCCCCCCCOCC(COP(=O)(O)OCC(N)C(=O)O)OC(=O)CCCCCCC/C=C\C/C=C\CCCC. The van der Waals surface area contributed by atoms with Crippen molar-refractivity contribution in [1.82, 2.24) is 0 Å². The molecule has 0 saturated heterocycles. The number of hydrogen-bond donors (Lipinski definition) is 3. The Kier molecular flexibility index (Phi) is 40.6. The van der Waals surface area contributed by atoms with Crippen LogP contribution in [-0.4, -0.2) is 60.5 Å². The van der Waals surface area contributed by atoms with Crippen LogP contribution in [0.3, 0.4) is 0 Å². The number of aliphatic carboxylic acids is 1. The number of hydrogen-bond acceptors (Lipinski definition) is 8. The lowest BCUT2D eigenvalue weighted by atomic mass is 10.1. The summed E-state index contributed by atoms with van der Waals surface area (Å²) in [6.07, 6.45) is 52.4. The van der Waals surface area contributed by atoms with Gasteiger partial charge in [-0.25, -0.2) is 4.57 Å². The Labute approximate surface area is 353 Å². The topological polar surface area (TPSA) is 155 Å². The highest BCUT2D eigenvalue weighted by atomic mass is 31.2. The summed E-state index contributed by atoms with van der Waals surface area (Å²) in [7, 11) is -4.63. The van der Waals surface area contributed by atoms with E-state index >= 15 is 0 Å². The van der Waals surface area contributed by atoms with Crippen LogP contribution >= 0.6 is 7.82 Å². The molecule has 3 atom stereocenters. The molecule has 0 bridgehead atoms. The Bertz CT molecular complexity index is 1200. The third kappa shape index (κ3) is 41.6. The summed E-state index contributed by atoms with van der Waals surface area (Å²) in [4.78, 5) is 33.5. The molecule has 0 aromatic rings. The van der Waals surface area contributed by atoms with Gasteiger partial charge in [-0.15, -0.1) is 0 Å². The summed E-state index contributed by atoms with van der Waals surface area (Å²) >= 11 is 0. The fourth-order valence-corrected chi connectivity index (χ4v) is 6.51. The zero-order chi connectivity index (χ0) is 42.6. The van der Waals surface area contributed by atoms with Gasteiger partial charge in [-0.2, -0.15) is 0 Å². The van der Waals surface area contributed by atoms with Gasteiger partial charge in [0, 0.05) is 13.0 Å². The van der Waals surface area contributed by atoms with Crippen LogP contribution in [0.2, 0.25) is 0 Å². The van der Waals surface area contributed by atoms with Gasteiger partial charge in [0.2, 0.25) is 0 Å². The maximum atomic E-state index is 12.6. The van der Waals surface area contributed by atoms with Crippen molar-refractivity contribution in [2.45, 2.75) is 187 Å². The summed E-state index contributed by atoms with van der Waals surface area (Å²) in [5.41, 5.74) is 5.36. The van der Waals surface area contributed by atoms with Crippen LogP contribution < -0.4 is 5.73 Å². The first kappa shape index (κ1) is 55.4. The average Bonchev–Trinajstić information content (AvgIpc) is 3.20. The molecule has 0 amide bonds. The number of esters is 1. The van der Waals surface area contributed by atoms with E-state index in [0.717, 1.165) is 96.3 Å². The minimum atomic E-state index is -4.63. The van der Waals surface area contributed by atoms with Gasteiger partial charge in [0.05, 0.1) is 19.8 Å². The zero-order valence-electron chi connectivity index (χ0n) is 36.4. The number of carboxylic acid groups (broad SMARTS) is 1. The van der Waals surface area contributed by atoms with Crippen LogP contribution in [0, 0.1) is 0 Å². The largest absolute Gasteiger partial charge is 0.480 e. The van der Waals surface area contributed by atoms with Crippen molar-refractivity contribution in [2.24, 2.45) is 5.73 Å². The maximum absolute atomic E-state index is 12.6. The highest BCUT2D eigenvalue weighted by Gasteiger charge is 2.27. The van der Waals surface area contributed by atoms with E-state index in [1.54, 1.807) is 0 Å². The van der Waals surface area contributed by atoms with Crippen LogP contribution in [0.15, 0.2) is 72.9 Å². The van der Waals surface area contributed by atoms with Gasteiger partial charge in [0.1, 0.15) is 12.1 Å². The van der Waals surface area contributed by atoms with Crippen LogP contribution in [0.4, 0.5) is 0 Å². The number of carbonyl (C=O) groups excluding carboxylic acids is 1. The normalized spacial score (nSPS) is 14.6. The van der Waals surface area contributed by atoms with Crippen molar-refractivity contribution in [3.05, 3.63) is 72.9 Å². The fourth-order valence-electron chi connectivity index (χ4n) is 5.73. The molecule has 334 valence electrons. The summed E-state index contributed by atoms with van der Waals surface area (Å²) in [5, 5.41) is 8.90. The molecule has 11 heteroatoms. The number of phosphoric acid groups is 1. The molecule has 0 aliphatic carbocycles. The highest BCUT2D eigenvalue weighted by molar-refractivity contribution is 7.47. The van der Waals surface area contributed by atoms with E-state index in [1.807, 2.05) is 0 Å². The van der Waals surface area contributed by atoms with Gasteiger partial charge >= 0.3 is 19.8 Å². The molecular weight excluding hydrogens is 753 g/mol. The lowest BCUT2D eigenvalue weighted by Crippen LogP contribution is -2.34. The van der Waals surface area contributed by atoms with Crippen LogP contribution in [0.1, 0.15) is 174 Å². The monoisotopic (exact) mass is 836 g/mol. The number of ether oxygens (including phenoxy) is 2. The van der Waals surface area contributed by atoms with Crippen LogP contribution in [-0.2, 0) is 32.7 Å². The second-order valence-corrected chi connectivity index (χ2v) is 16.2. The van der Waals surface area contributed by atoms with Gasteiger partial charge in [-0.3, -0.25) is 18.6 Å². The predicted octanol–water partition coefficient (Wildman–Crippen LogP) is 12.6. The summed E-state index contributed by atoms with van der Waals surface area (Å²) in [5.74, 6) is -1.80. The van der Waals surface area contributed by atoms with E-state index in [-0.39, 0.29) is 13.0 Å². The number of rotatable bonds is 42. The third-order valence-corrected chi connectivity index (χ3v) is 10.2. The van der Waals surface area contributed by atoms with E-state index in [4.69, 9.17) is 29.4 Å². The number of unbranched alkanes of at least 4 members (excludes halogenated alkanes) is 16. The Hall–Kier alpha value is -2.59. The quantitative estimate of drug-likeness (QED) is 0.0234. The lowest BCUT2D eigenvalue weighted by molar-refractivity contribution is -0.154. The summed E-state index contributed by atoms with van der Waals surface area (Å²) < 4.78 is 33.4. The van der Waals surface area contributed by atoms with Crippen molar-refractivity contribution in [3.63, 3.8) is 0 Å². The van der Waals surface area contributed by atoms with Gasteiger partial charge in [0.15, 0.2) is 0 Å². The molecule has 0 rings (SSSR count). The summed E-state index contributed by atoms with van der Waals surface area (Å²) in [6, 6.07) is -1.48. The number of allylic oxidation sites excluding steroid dienone is 12. The molecule has 0 aromatic heterocycles. The molecule has 0 fully saturated rings. The molecule has 0 aliphatic heterocycles. The van der Waals surface area contributed by atoms with Crippen molar-refractivity contribution < 1.29 is 42.7 Å². The summed E-state index contributed by atoms with van der Waals surface area (Å²) in [6.45, 7) is 3.68. The molecular formula is C47H82NO9P. The average molecular weight is 836 g/mol.